The molecule has 0 saturated carbocycles. The molecule has 140 valence electrons. The number of nitrogens with zero attached hydrogens (tertiary/aromatic N) is 2. The third-order valence-corrected chi connectivity index (χ3v) is 6.05. The second-order valence-corrected chi connectivity index (χ2v) is 8.37. The highest BCUT2D eigenvalue weighted by Gasteiger charge is 2.59. The zero-order valence-corrected chi connectivity index (χ0v) is 16.7. The lowest BCUT2D eigenvalue weighted by molar-refractivity contribution is -0.118. The molecule has 0 aromatic heterocycles. The van der Waals surface area contributed by atoms with Crippen molar-refractivity contribution in [1.29, 1.82) is 0 Å². The van der Waals surface area contributed by atoms with Crippen LogP contribution < -0.4 is 15.1 Å². The van der Waals surface area contributed by atoms with Crippen LogP contribution in [0.15, 0.2) is 48.5 Å². The molecule has 1 N–H and O–H groups in total. The molecule has 0 unspecified atom stereocenters. The van der Waals surface area contributed by atoms with Gasteiger partial charge in [-0.1, -0.05) is 49.8 Å². The number of fused-ring (bicyclic) bond motifs is 3. The predicted octanol–water partition coefficient (Wildman–Crippen LogP) is 3.70. The number of amides is 1. The number of carbonyl (C=O) groups excluding carboxylic acids is 1. The average molecular weight is 361 g/mol. The van der Waals surface area contributed by atoms with E-state index in [1.54, 1.807) is 0 Å². The second-order valence-electron chi connectivity index (χ2n) is 8.37. The maximum Gasteiger partial charge on any atom is 0.241 e. The number of benzene rings is 2. The quantitative estimate of drug-likeness (QED) is 0.905. The van der Waals surface area contributed by atoms with Gasteiger partial charge in [0.15, 0.2) is 0 Å². The van der Waals surface area contributed by atoms with Gasteiger partial charge in [0.05, 0.1) is 6.54 Å². The Bertz CT molecular complexity index is 927. The van der Waals surface area contributed by atoms with Crippen LogP contribution in [0.2, 0.25) is 0 Å². The molecule has 1 saturated heterocycles. The third-order valence-electron chi connectivity index (χ3n) is 6.05. The predicted molar refractivity (Wildman–Crippen MR) is 112 cm³/mol. The van der Waals surface area contributed by atoms with Crippen molar-refractivity contribution >= 4 is 23.4 Å². The molecule has 4 heteroatoms. The number of hydrogen-bond acceptors (Lipinski definition) is 3. The molecule has 4 rings (SSSR count). The van der Waals surface area contributed by atoms with Gasteiger partial charge in [0.25, 0.3) is 0 Å². The fourth-order valence-corrected chi connectivity index (χ4v) is 4.39. The zero-order chi connectivity index (χ0) is 19.4. The van der Waals surface area contributed by atoms with E-state index in [2.05, 4.69) is 90.5 Å². The van der Waals surface area contributed by atoms with E-state index in [0.29, 0.717) is 6.54 Å². The van der Waals surface area contributed by atoms with E-state index in [4.69, 9.17) is 0 Å². The molecule has 0 spiro atoms. The van der Waals surface area contributed by atoms with Gasteiger partial charge in [0, 0.05) is 30.9 Å². The van der Waals surface area contributed by atoms with Crippen LogP contribution in [0.4, 0.5) is 11.4 Å². The summed E-state index contributed by atoms with van der Waals surface area (Å²) in [6.07, 6.45) is 4.29. The molecule has 2 heterocycles. The van der Waals surface area contributed by atoms with Crippen LogP contribution in [0.3, 0.4) is 0 Å². The van der Waals surface area contributed by atoms with E-state index >= 15 is 0 Å². The monoisotopic (exact) mass is 361 g/mol. The molecule has 4 nitrogen and oxygen atoms in total. The first-order valence-corrected chi connectivity index (χ1v) is 9.41. The first-order chi connectivity index (χ1) is 12.7. The van der Waals surface area contributed by atoms with Gasteiger partial charge in [0.2, 0.25) is 5.91 Å². The number of hydrogen-bond donors (Lipinski definition) is 1. The normalized spacial score (nSPS) is 22.7. The standard InChI is InChI=1S/C23H27N3O/c1-16-6-11-20-19(14-16)22(2,3)23(24-21(27)15-26(20)23)13-12-17-7-9-18(10-8-17)25(4)5/h6-14H,15H2,1-5H3,(H,24,27)/t23-/m1/s1. The van der Waals surface area contributed by atoms with Crippen LogP contribution in [0.25, 0.3) is 6.08 Å². The van der Waals surface area contributed by atoms with Gasteiger partial charge < -0.3 is 15.1 Å². The van der Waals surface area contributed by atoms with Gasteiger partial charge >= 0.3 is 0 Å². The lowest BCUT2D eigenvalue weighted by Gasteiger charge is -2.40. The average Bonchev–Trinajstić information content (AvgIpc) is 3.05. The van der Waals surface area contributed by atoms with E-state index < -0.39 is 5.66 Å². The summed E-state index contributed by atoms with van der Waals surface area (Å²) in [7, 11) is 4.08. The Kier molecular flexibility index (Phi) is 3.84. The van der Waals surface area contributed by atoms with Crippen molar-refractivity contribution in [3.05, 3.63) is 65.2 Å². The lowest BCUT2D eigenvalue weighted by Crippen LogP contribution is -2.58. The number of rotatable bonds is 3. The van der Waals surface area contributed by atoms with E-state index in [-0.39, 0.29) is 11.3 Å². The van der Waals surface area contributed by atoms with Crippen LogP contribution in [0.1, 0.15) is 30.5 Å². The minimum Gasteiger partial charge on any atom is -0.378 e. The van der Waals surface area contributed by atoms with E-state index in [9.17, 15) is 4.79 Å². The molecule has 2 aromatic rings. The van der Waals surface area contributed by atoms with Crippen LogP contribution in [-0.4, -0.2) is 32.2 Å². The summed E-state index contributed by atoms with van der Waals surface area (Å²) >= 11 is 0. The molecule has 1 fully saturated rings. The summed E-state index contributed by atoms with van der Waals surface area (Å²) in [6, 6.07) is 15.0. The molecule has 2 aliphatic rings. The van der Waals surface area contributed by atoms with Crippen molar-refractivity contribution in [2.45, 2.75) is 31.8 Å². The van der Waals surface area contributed by atoms with Crippen molar-refractivity contribution in [1.82, 2.24) is 5.32 Å². The smallest absolute Gasteiger partial charge is 0.241 e. The molecule has 0 bridgehead atoms. The molecular formula is C23H27N3O. The fourth-order valence-electron chi connectivity index (χ4n) is 4.39. The topological polar surface area (TPSA) is 35.6 Å². The Hall–Kier alpha value is -2.75. The van der Waals surface area contributed by atoms with Crippen molar-refractivity contribution in [2.24, 2.45) is 0 Å². The maximum absolute atomic E-state index is 12.4. The molecular weight excluding hydrogens is 334 g/mol. The third kappa shape index (κ3) is 2.54. The Morgan fingerprint density at radius 3 is 2.48 bits per heavy atom. The van der Waals surface area contributed by atoms with Gasteiger partial charge in [-0.3, -0.25) is 4.79 Å². The minimum atomic E-state index is -0.541. The second kappa shape index (κ2) is 5.88. The Morgan fingerprint density at radius 1 is 1.11 bits per heavy atom. The summed E-state index contributed by atoms with van der Waals surface area (Å²) in [4.78, 5) is 16.7. The molecule has 0 radical (unpaired) electrons. The van der Waals surface area contributed by atoms with E-state index in [1.807, 2.05) is 14.1 Å². The number of anilines is 2. The molecule has 0 aliphatic carbocycles. The van der Waals surface area contributed by atoms with Crippen molar-refractivity contribution in [2.75, 3.05) is 30.4 Å². The highest BCUT2D eigenvalue weighted by Crippen LogP contribution is 2.53. The summed E-state index contributed by atoms with van der Waals surface area (Å²) in [6.45, 7) is 6.95. The maximum atomic E-state index is 12.4. The number of nitrogens with one attached hydrogen (secondary N) is 1. The summed E-state index contributed by atoms with van der Waals surface area (Å²) < 4.78 is 0. The molecule has 2 aromatic carbocycles. The van der Waals surface area contributed by atoms with Gasteiger partial charge in [-0.05, 0) is 42.3 Å². The lowest BCUT2D eigenvalue weighted by atomic mass is 9.75. The summed E-state index contributed by atoms with van der Waals surface area (Å²) in [5.74, 6) is 0.0712. The minimum absolute atomic E-state index is 0.0712. The molecule has 27 heavy (non-hydrogen) atoms. The largest absolute Gasteiger partial charge is 0.378 e. The zero-order valence-electron chi connectivity index (χ0n) is 16.7. The summed E-state index contributed by atoms with van der Waals surface area (Å²) in [5.41, 5.74) is 5.20. The Morgan fingerprint density at radius 2 is 1.81 bits per heavy atom. The highest BCUT2D eigenvalue weighted by molar-refractivity contribution is 5.91. The van der Waals surface area contributed by atoms with E-state index in [1.165, 1.54) is 16.8 Å². The molecule has 2 aliphatic heterocycles. The van der Waals surface area contributed by atoms with Gasteiger partial charge in [-0.2, -0.15) is 0 Å². The summed E-state index contributed by atoms with van der Waals surface area (Å²) in [5, 5.41) is 3.28. The van der Waals surface area contributed by atoms with E-state index in [0.717, 1.165) is 11.3 Å². The van der Waals surface area contributed by atoms with Gasteiger partial charge in [-0.25, -0.2) is 0 Å². The molecule has 1 atom stereocenters. The van der Waals surface area contributed by atoms with Crippen LogP contribution in [0, 0.1) is 6.92 Å². The first kappa shape index (κ1) is 17.7. The SMILES string of the molecule is Cc1ccc2c(c1)C(C)(C)[C@]1(C=Cc3ccc(N(C)C)cc3)NC(=O)CN21. The van der Waals surface area contributed by atoms with Crippen molar-refractivity contribution < 1.29 is 4.79 Å². The van der Waals surface area contributed by atoms with Crippen molar-refractivity contribution in [3.63, 3.8) is 0 Å². The highest BCUT2D eigenvalue weighted by atomic mass is 16.2. The van der Waals surface area contributed by atoms with Crippen LogP contribution in [-0.2, 0) is 10.2 Å². The van der Waals surface area contributed by atoms with Crippen LogP contribution in [0.5, 0.6) is 0 Å². The number of aryl methyl sites for hydroxylation is 1. The fraction of sp³-hybridized carbons (Fsp3) is 0.348. The van der Waals surface area contributed by atoms with Crippen molar-refractivity contribution in [3.8, 4) is 0 Å². The van der Waals surface area contributed by atoms with Gasteiger partial charge in [-0.15, -0.1) is 0 Å². The first-order valence-electron chi connectivity index (χ1n) is 9.41. The molecule has 1 amide bonds. The number of carbonyl (C=O) groups is 1. The van der Waals surface area contributed by atoms with Crippen LogP contribution >= 0.6 is 0 Å². The Balaban J connectivity index is 1.76. The Labute approximate surface area is 161 Å². The van der Waals surface area contributed by atoms with Gasteiger partial charge in [0.1, 0.15) is 5.66 Å².